The first kappa shape index (κ1) is 20.9. The average molecular weight is 462 g/mol. The van der Waals surface area contributed by atoms with Crippen molar-refractivity contribution in [2.24, 2.45) is 0 Å². The van der Waals surface area contributed by atoms with Crippen LogP contribution in [-0.4, -0.2) is 57.1 Å². The Morgan fingerprint density at radius 1 is 1.12 bits per heavy atom. The van der Waals surface area contributed by atoms with E-state index < -0.39 is 0 Å². The van der Waals surface area contributed by atoms with E-state index in [4.69, 9.17) is 14.5 Å². The van der Waals surface area contributed by atoms with Gasteiger partial charge in [0.25, 0.3) is 0 Å². The summed E-state index contributed by atoms with van der Waals surface area (Å²) in [4.78, 5) is 13.6. The van der Waals surface area contributed by atoms with Gasteiger partial charge in [-0.2, -0.15) is 5.10 Å². The Kier molecular flexibility index (Phi) is 5.52. The Morgan fingerprint density at radius 2 is 2.00 bits per heavy atom. The molecule has 0 radical (unpaired) electrons. The molecule has 174 valence electrons. The van der Waals surface area contributed by atoms with Crippen molar-refractivity contribution < 1.29 is 13.9 Å². The Morgan fingerprint density at radius 3 is 2.82 bits per heavy atom. The van der Waals surface area contributed by atoms with E-state index in [1.54, 1.807) is 6.07 Å². The number of hydrogen-bond donors (Lipinski definition) is 2. The molecule has 3 aromatic heterocycles. The average Bonchev–Trinajstić information content (AvgIpc) is 3.34. The molecule has 0 saturated carbocycles. The van der Waals surface area contributed by atoms with Crippen LogP contribution in [0.25, 0.3) is 22.3 Å². The van der Waals surface area contributed by atoms with Crippen LogP contribution in [-0.2, 0) is 4.74 Å². The highest BCUT2D eigenvalue weighted by atomic mass is 19.1. The van der Waals surface area contributed by atoms with Crippen molar-refractivity contribution in [1.29, 1.82) is 0 Å². The SMILES string of the molecule is Fc1ccc(Nc2ncnc3ccc(-c4cnn(C5CCNCC5)c4)nc23)c(OC2COC2)c1. The Balaban J connectivity index is 1.32. The summed E-state index contributed by atoms with van der Waals surface area (Å²) in [6, 6.07) is 8.62. The highest BCUT2D eigenvalue weighted by molar-refractivity contribution is 5.89. The molecule has 5 heterocycles. The summed E-state index contributed by atoms with van der Waals surface area (Å²) < 4.78 is 27.0. The molecule has 4 aromatic rings. The second-order valence-corrected chi connectivity index (χ2v) is 8.52. The highest BCUT2D eigenvalue weighted by Crippen LogP contribution is 2.32. The fourth-order valence-electron chi connectivity index (χ4n) is 4.22. The zero-order valence-corrected chi connectivity index (χ0v) is 18.4. The van der Waals surface area contributed by atoms with Gasteiger partial charge in [-0.15, -0.1) is 0 Å². The fourth-order valence-corrected chi connectivity index (χ4v) is 4.22. The number of fused-ring (bicyclic) bond motifs is 1. The summed E-state index contributed by atoms with van der Waals surface area (Å²) in [5.74, 6) is 0.540. The molecule has 9 nitrogen and oxygen atoms in total. The zero-order valence-electron chi connectivity index (χ0n) is 18.4. The van der Waals surface area contributed by atoms with Crippen LogP contribution in [0.15, 0.2) is 49.1 Å². The topological polar surface area (TPSA) is 99.0 Å². The van der Waals surface area contributed by atoms with Gasteiger partial charge in [0.05, 0.1) is 42.4 Å². The summed E-state index contributed by atoms with van der Waals surface area (Å²) in [7, 11) is 0. The van der Waals surface area contributed by atoms with E-state index in [0.29, 0.717) is 47.5 Å². The van der Waals surface area contributed by atoms with Crippen molar-refractivity contribution in [3.63, 3.8) is 0 Å². The number of pyridine rings is 1. The van der Waals surface area contributed by atoms with Gasteiger partial charge in [-0.1, -0.05) is 0 Å². The van der Waals surface area contributed by atoms with Gasteiger partial charge >= 0.3 is 0 Å². The van der Waals surface area contributed by atoms with Crippen LogP contribution in [0.2, 0.25) is 0 Å². The second-order valence-electron chi connectivity index (χ2n) is 8.52. The molecule has 0 aliphatic carbocycles. The van der Waals surface area contributed by atoms with Gasteiger partial charge in [0.1, 0.15) is 29.5 Å². The molecule has 2 aliphatic heterocycles. The first-order valence-electron chi connectivity index (χ1n) is 11.4. The number of piperidine rings is 1. The number of benzene rings is 1. The number of anilines is 2. The molecule has 34 heavy (non-hydrogen) atoms. The molecular weight excluding hydrogens is 437 g/mol. The third kappa shape index (κ3) is 4.17. The zero-order chi connectivity index (χ0) is 22.9. The lowest BCUT2D eigenvalue weighted by molar-refractivity contribution is -0.0794. The lowest BCUT2D eigenvalue weighted by Crippen LogP contribution is -2.38. The van der Waals surface area contributed by atoms with Crippen molar-refractivity contribution >= 4 is 22.5 Å². The Labute approximate surface area is 195 Å². The van der Waals surface area contributed by atoms with E-state index >= 15 is 0 Å². The summed E-state index contributed by atoms with van der Waals surface area (Å²) in [6.07, 6.45) is 7.40. The minimum atomic E-state index is -0.375. The molecule has 0 bridgehead atoms. The number of ether oxygens (including phenoxy) is 2. The van der Waals surface area contributed by atoms with E-state index in [-0.39, 0.29) is 11.9 Å². The van der Waals surface area contributed by atoms with Crippen molar-refractivity contribution in [2.75, 3.05) is 31.6 Å². The second kappa shape index (κ2) is 8.96. The Bertz CT molecular complexity index is 1320. The third-order valence-corrected chi connectivity index (χ3v) is 6.16. The fraction of sp³-hybridized carbons (Fsp3) is 0.333. The molecule has 2 fully saturated rings. The van der Waals surface area contributed by atoms with Crippen molar-refractivity contribution in [2.45, 2.75) is 25.0 Å². The Hall–Kier alpha value is -3.63. The van der Waals surface area contributed by atoms with Gasteiger partial charge in [0.2, 0.25) is 0 Å². The first-order valence-corrected chi connectivity index (χ1v) is 11.4. The number of aromatic nitrogens is 5. The van der Waals surface area contributed by atoms with E-state index in [1.165, 1.54) is 18.5 Å². The molecule has 6 rings (SSSR count). The molecule has 0 unspecified atom stereocenters. The summed E-state index contributed by atoms with van der Waals surface area (Å²) in [5, 5.41) is 11.2. The molecule has 2 saturated heterocycles. The number of halogens is 1. The minimum absolute atomic E-state index is 0.0919. The lowest BCUT2D eigenvalue weighted by atomic mass is 10.1. The molecule has 0 atom stereocenters. The standard InChI is InChI=1S/C24H24FN7O2/c25-16-1-2-20(22(9-16)34-18-12-33-13-18)31-24-23-21(27-14-28-24)4-3-19(30-23)15-10-29-32(11-15)17-5-7-26-8-6-17/h1-4,9-11,14,17-18,26H,5-8,12-13H2,(H,27,28,31). The van der Waals surface area contributed by atoms with Crippen LogP contribution in [0.1, 0.15) is 18.9 Å². The molecule has 0 amide bonds. The maximum absolute atomic E-state index is 13.9. The van der Waals surface area contributed by atoms with E-state index in [2.05, 4.69) is 25.7 Å². The van der Waals surface area contributed by atoms with Gasteiger partial charge < -0.3 is 20.1 Å². The summed E-state index contributed by atoms with van der Waals surface area (Å²) in [6.45, 7) is 2.98. The third-order valence-electron chi connectivity index (χ3n) is 6.16. The number of hydrogen-bond acceptors (Lipinski definition) is 8. The molecule has 2 N–H and O–H groups in total. The maximum Gasteiger partial charge on any atom is 0.160 e. The predicted molar refractivity (Wildman–Crippen MR) is 125 cm³/mol. The van der Waals surface area contributed by atoms with Crippen molar-refractivity contribution in [3.05, 3.63) is 54.9 Å². The van der Waals surface area contributed by atoms with Crippen molar-refractivity contribution in [1.82, 2.24) is 30.0 Å². The van der Waals surface area contributed by atoms with Crippen LogP contribution in [0.4, 0.5) is 15.9 Å². The van der Waals surface area contributed by atoms with Crippen LogP contribution in [0.5, 0.6) is 5.75 Å². The van der Waals surface area contributed by atoms with E-state index in [9.17, 15) is 4.39 Å². The monoisotopic (exact) mass is 461 g/mol. The molecule has 10 heteroatoms. The predicted octanol–water partition coefficient (Wildman–Crippen LogP) is 3.47. The molecule has 0 spiro atoms. The van der Waals surface area contributed by atoms with Crippen LogP contribution in [0.3, 0.4) is 0 Å². The largest absolute Gasteiger partial charge is 0.483 e. The lowest BCUT2D eigenvalue weighted by Gasteiger charge is -2.27. The van der Waals surface area contributed by atoms with Gasteiger partial charge in [0.15, 0.2) is 5.82 Å². The van der Waals surface area contributed by atoms with Gasteiger partial charge in [-0.3, -0.25) is 4.68 Å². The van der Waals surface area contributed by atoms with E-state index in [0.717, 1.165) is 37.2 Å². The van der Waals surface area contributed by atoms with Crippen LogP contribution < -0.4 is 15.4 Å². The number of nitrogens with one attached hydrogen (secondary N) is 2. The number of nitrogens with zero attached hydrogens (tertiary/aromatic N) is 5. The number of rotatable bonds is 6. The molecular formula is C24H24FN7O2. The van der Waals surface area contributed by atoms with Gasteiger partial charge in [0, 0.05) is 17.8 Å². The van der Waals surface area contributed by atoms with Gasteiger partial charge in [-0.25, -0.2) is 19.3 Å². The minimum Gasteiger partial charge on any atom is -0.483 e. The normalized spacial score (nSPS) is 17.0. The molecule has 1 aromatic carbocycles. The maximum atomic E-state index is 13.9. The summed E-state index contributed by atoms with van der Waals surface area (Å²) >= 11 is 0. The quantitative estimate of drug-likeness (QED) is 0.450. The van der Waals surface area contributed by atoms with E-state index in [1.807, 2.05) is 29.2 Å². The molecule has 2 aliphatic rings. The summed E-state index contributed by atoms with van der Waals surface area (Å²) in [5.41, 5.74) is 3.62. The van der Waals surface area contributed by atoms with Crippen LogP contribution >= 0.6 is 0 Å². The highest BCUT2D eigenvalue weighted by Gasteiger charge is 2.22. The van der Waals surface area contributed by atoms with Crippen LogP contribution in [0, 0.1) is 5.82 Å². The van der Waals surface area contributed by atoms with Gasteiger partial charge in [-0.05, 0) is 50.2 Å². The smallest absolute Gasteiger partial charge is 0.160 e. The first-order chi connectivity index (χ1) is 16.7. The van der Waals surface area contributed by atoms with Crippen molar-refractivity contribution in [3.8, 4) is 17.0 Å².